The topological polar surface area (TPSA) is 70.0 Å². The van der Waals surface area contributed by atoms with E-state index in [9.17, 15) is 9.90 Å². The molecule has 0 aromatic carbocycles. The summed E-state index contributed by atoms with van der Waals surface area (Å²) in [5.41, 5.74) is -0.788. The van der Waals surface area contributed by atoms with Gasteiger partial charge in [-0.05, 0) is 26.7 Å². The summed E-state index contributed by atoms with van der Waals surface area (Å²) in [6.07, 6.45) is -0.392. The monoisotopic (exact) mass is 217 g/mol. The van der Waals surface area contributed by atoms with Crippen LogP contribution in [0.4, 0.5) is 4.79 Å². The summed E-state index contributed by atoms with van der Waals surface area (Å²) in [5, 5.41) is 18.6. The zero-order chi connectivity index (χ0) is 11.6. The molecule has 1 fully saturated rings. The zero-order valence-corrected chi connectivity index (χ0v) is 9.43. The first kappa shape index (κ1) is 12.3. The summed E-state index contributed by atoms with van der Waals surface area (Å²) in [7, 11) is 0. The average Bonchev–Trinajstić information content (AvgIpc) is 2.41. The van der Waals surface area contributed by atoms with Crippen molar-refractivity contribution < 1.29 is 19.7 Å². The Morgan fingerprint density at radius 2 is 2.27 bits per heavy atom. The molecule has 0 radical (unpaired) electrons. The molecule has 0 saturated carbocycles. The first-order valence-electron chi connectivity index (χ1n) is 5.22. The van der Waals surface area contributed by atoms with Crippen LogP contribution in [0.5, 0.6) is 0 Å². The molecule has 88 valence electrons. The molecule has 2 atom stereocenters. The summed E-state index contributed by atoms with van der Waals surface area (Å²) in [5.74, 6) is 0. The second-order valence-electron chi connectivity index (χ2n) is 4.36. The van der Waals surface area contributed by atoms with E-state index in [1.165, 1.54) is 4.90 Å². The maximum absolute atomic E-state index is 11.1. The van der Waals surface area contributed by atoms with Crippen LogP contribution in [0.15, 0.2) is 0 Å². The van der Waals surface area contributed by atoms with Gasteiger partial charge in [0.15, 0.2) is 0 Å². The van der Waals surface area contributed by atoms with Gasteiger partial charge in [-0.1, -0.05) is 6.92 Å². The van der Waals surface area contributed by atoms with Crippen LogP contribution in [0.3, 0.4) is 0 Å². The molecule has 0 bridgehead atoms. The minimum atomic E-state index is -0.995. The zero-order valence-electron chi connectivity index (χ0n) is 9.43. The number of hydrogen-bond donors (Lipinski definition) is 2. The van der Waals surface area contributed by atoms with E-state index in [0.29, 0.717) is 19.4 Å². The predicted molar refractivity (Wildman–Crippen MR) is 54.6 cm³/mol. The fourth-order valence-electron chi connectivity index (χ4n) is 1.92. The third-order valence-corrected chi connectivity index (χ3v) is 2.80. The maximum Gasteiger partial charge on any atom is 0.409 e. The van der Waals surface area contributed by atoms with Crippen LogP contribution < -0.4 is 0 Å². The Kier molecular flexibility index (Phi) is 3.57. The van der Waals surface area contributed by atoms with E-state index in [-0.39, 0.29) is 6.04 Å². The van der Waals surface area contributed by atoms with E-state index in [1.54, 1.807) is 13.8 Å². The summed E-state index contributed by atoms with van der Waals surface area (Å²) >= 11 is 0. The normalized spacial score (nSPS) is 26.7. The van der Waals surface area contributed by atoms with Crippen molar-refractivity contribution in [2.45, 2.75) is 51.5 Å². The van der Waals surface area contributed by atoms with Crippen LogP contribution in [0, 0.1) is 0 Å². The highest BCUT2D eigenvalue weighted by molar-refractivity contribution is 5.66. The summed E-state index contributed by atoms with van der Waals surface area (Å²) in [6.45, 7) is 5.67. The number of aliphatic hydroxyl groups excluding tert-OH is 1. The van der Waals surface area contributed by atoms with Gasteiger partial charge in [-0.2, -0.15) is 0 Å². The van der Waals surface area contributed by atoms with E-state index >= 15 is 0 Å². The van der Waals surface area contributed by atoms with Gasteiger partial charge in [0.2, 0.25) is 0 Å². The molecule has 1 heterocycles. The molecule has 0 aromatic heterocycles. The van der Waals surface area contributed by atoms with Crippen LogP contribution in [0.25, 0.3) is 0 Å². The standard InChI is InChI=1S/C10H19NO4/c1-4-8(12)5-7-6-15-10(2,3)11(7)9(13)14/h7-8,12H,4-6H2,1-3H3,(H,13,14)/t7-,8+/m0/s1. The van der Waals surface area contributed by atoms with Crippen molar-refractivity contribution in [3.05, 3.63) is 0 Å². The Bertz CT molecular complexity index is 242. The fourth-order valence-corrected chi connectivity index (χ4v) is 1.92. The summed E-state index contributed by atoms with van der Waals surface area (Å²) in [6, 6.07) is -0.243. The van der Waals surface area contributed by atoms with Crippen molar-refractivity contribution in [3.63, 3.8) is 0 Å². The highest BCUT2D eigenvalue weighted by Gasteiger charge is 2.44. The van der Waals surface area contributed by atoms with Crippen molar-refractivity contribution in [1.29, 1.82) is 0 Å². The van der Waals surface area contributed by atoms with Gasteiger partial charge in [0, 0.05) is 0 Å². The smallest absolute Gasteiger partial charge is 0.409 e. The van der Waals surface area contributed by atoms with Gasteiger partial charge in [0.05, 0.1) is 18.8 Å². The lowest BCUT2D eigenvalue weighted by atomic mass is 10.1. The molecule has 5 nitrogen and oxygen atoms in total. The van der Waals surface area contributed by atoms with Crippen LogP contribution in [0.2, 0.25) is 0 Å². The van der Waals surface area contributed by atoms with Gasteiger partial charge in [0.1, 0.15) is 5.72 Å². The van der Waals surface area contributed by atoms with Gasteiger partial charge in [0.25, 0.3) is 0 Å². The van der Waals surface area contributed by atoms with Crippen LogP contribution >= 0.6 is 0 Å². The third kappa shape index (κ3) is 2.60. The van der Waals surface area contributed by atoms with Crippen LogP contribution in [-0.2, 0) is 4.74 Å². The van der Waals surface area contributed by atoms with E-state index in [2.05, 4.69) is 0 Å². The molecule has 15 heavy (non-hydrogen) atoms. The lowest BCUT2D eigenvalue weighted by Gasteiger charge is -2.31. The highest BCUT2D eigenvalue weighted by Crippen LogP contribution is 2.29. The van der Waals surface area contributed by atoms with Gasteiger partial charge in [-0.15, -0.1) is 0 Å². The van der Waals surface area contributed by atoms with Crippen molar-refractivity contribution in [1.82, 2.24) is 4.90 Å². The van der Waals surface area contributed by atoms with Gasteiger partial charge >= 0.3 is 6.09 Å². The highest BCUT2D eigenvalue weighted by atomic mass is 16.5. The van der Waals surface area contributed by atoms with Gasteiger partial charge < -0.3 is 14.9 Å². The molecular formula is C10H19NO4. The molecule has 2 N–H and O–H groups in total. The lowest BCUT2D eigenvalue weighted by molar-refractivity contribution is -0.0430. The molecule has 1 aliphatic rings. The van der Waals surface area contributed by atoms with Crippen molar-refractivity contribution in [2.24, 2.45) is 0 Å². The van der Waals surface area contributed by atoms with Gasteiger partial charge in [-0.25, -0.2) is 4.79 Å². The Labute approximate surface area is 89.6 Å². The van der Waals surface area contributed by atoms with Gasteiger partial charge in [-0.3, -0.25) is 4.90 Å². The Balaban J connectivity index is 2.70. The van der Waals surface area contributed by atoms with E-state index in [1.807, 2.05) is 6.92 Å². The number of nitrogens with zero attached hydrogens (tertiary/aromatic N) is 1. The Morgan fingerprint density at radius 3 is 2.73 bits per heavy atom. The van der Waals surface area contributed by atoms with Crippen molar-refractivity contribution >= 4 is 6.09 Å². The first-order valence-corrected chi connectivity index (χ1v) is 5.22. The molecule has 1 aliphatic heterocycles. The first-order chi connectivity index (χ1) is 6.88. The Hall–Kier alpha value is -0.810. The molecule has 5 heteroatoms. The number of hydrogen-bond acceptors (Lipinski definition) is 3. The third-order valence-electron chi connectivity index (χ3n) is 2.80. The molecule has 0 aliphatic carbocycles. The minimum Gasteiger partial charge on any atom is -0.465 e. The predicted octanol–water partition coefficient (Wildman–Crippen LogP) is 1.26. The molecule has 1 saturated heterocycles. The van der Waals surface area contributed by atoms with E-state index < -0.39 is 17.9 Å². The number of carboxylic acid groups (broad SMARTS) is 1. The Morgan fingerprint density at radius 1 is 1.67 bits per heavy atom. The molecular weight excluding hydrogens is 198 g/mol. The van der Waals surface area contributed by atoms with Crippen LogP contribution in [0.1, 0.15) is 33.6 Å². The molecule has 0 unspecified atom stereocenters. The SMILES string of the molecule is CC[C@@H](O)C[C@H]1COC(C)(C)N1C(=O)O. The number of aliphatic hydroxyl groups is 1. The van der Waals surface area contributed by atoms with E-state index in [0.717, 1.165) is 0 Å². The number of carbonyl (C=O) groups is 1. The summed E-state index contributed by atoms with van der Waals surface area (Å²) in [4.78, 5) is 12.3. The molecule has 1 rings (SSSR count). The molecule has 0 aromatic rings. The van der Waals surface area contributed by atoms with E-state index in [4.69, 9.17) is 9.84 Å². The molecule has 1 amide bonds. The number of ether oxygens (including phenoxy) is 1. The van der Waals surface area contributed by atoms with Crippen molar-refractivity contribution in [3.8, 4) is 0 Å². The number of amides is 1. The minimum absolute atomic E-state index is 0.243. The second kappa shape index (κ2) is 4.37. The number of rotatable bonds is 3. The maximum atomic E-state index is 11.1. The quantitative estimate of drug-likeness (QED) is 0.746. The van der Waals surface area contributed by atoms with Crippen molar-refractivity contribution in [2.75, 3.05) is 6.61 Å². The largest absolute Gasteiger partial charge is 0.465 e. The molecule has 0 spiro atoms. The fraction of sp³-hybridized carbons (Fsp3) is 0.900. The average molecular weight is 217 g/mol. The van der Waals surface area contributed by atoms with Crippen LogP contribution in [-0.4, -0.2) is 45.7 Å². The summed E-state index contributed by atoms with van der Waals surface area (Å²) < 4.78 is 5.41. The lowest BCUT2D eigenvalue weighted by Crippen LogP contribution is -2.48. The second-order valence-corrected chi connectivity index (χ2v) is 4.36.